The summed E-state index contributed by atoms with van der Waals surface area (Å²) in [6.07, 6.45) is 0.850. The quantitative estimate of drug-likeness (QED) is 0.734. The molecule has 0 fully saturated rings. The Morgan fingerprint density at radius 1 is 0.962 bits per heavy atom. The molecular weight excluding hydrogens is 326 g/mol. The summed E-state index contributed by atoms with van der Waals surface area (Å²) in [5.74, 6) is -0.457. The number of nitrogens with one attached hydrogen (secondary N) is 2. The predicted molar refractivity (Wildman–Crippen MR) is 103 cm³/mol. The van der Waals surface area contributed by atoms with Gasteiger partial charge >= 0.3 is 0 Å². The van der Waals surface area contributed by atoms with E-state index in [1.54, 1.807) is 30.3 Å². The largest absolute Gasteiger partial charge is 0.352 e. The van der Waals surface area contributed by atoms with Gasteiger partial charge in [-0.2, -0.15) is 0 Å². The van der Waals surface area contributed by atoms with Crippen molar-refractivity contribution in [2.75, 3.05) is 11.9 Å². The van der Waals surface area contributed by atoms with Gasteiger partial charge in [0.2, 0.25) is 0 Å². The predicted octanol–water partition coefficient (Wildman–Crippen LogP) is 3.94. The maximum absolute atomic E-state index is 12.9. The van der Waals surface area contributed by atoms with E-state index in [0.717, 1.165) is 23.0 Å². The maximum Gasteiger partial charge on any atom is 0.256 e. The molecule has 0 saturated heterocycles. The highest BCUT2D eigenvalue weighted by molar-refractivity contribution is 6.14. The van der Waals surface area contributed by atoms with Gasteiger partial charge in [0.05, 0.1) is 22.3 Å². The summed E-state index contributed by atoms with van der Waals surface area (Å²) in [5, 5.41) is 6.50. The fourth-order valence-electron chi connectivity index (χ4n) is 2.81. The summed E-state index contributed by atoms with van der Waals surface area (Å²) >= 11 is 0. The number of nitrogens with zero attached hydrogens (tertiary/aromatic N) is 1. The van der Waals surface area contributed by atoms with Crippen LogP contribution in [0.3, 0.4) is 0 Å². The molecule has 26 heavy (non-hydrogen) atoms. The number of carbonyl (C=O) groups excluding carboxylic acids is 2. The summed E-state index contributed by atoms with van der Waals surface area (Å²) in [5.41, 5.74) is 3.01. The van der Waals surface area contributed by atoms with Crippen molar-refractivity contribution in [1.29, 1.82) is 0 Å². The molecule has 0 saturated carbocycles. The van der Waals surface area contributed by atoms with E-state index in [0.29, 0.717) is 23.4 Å². The molecule has 0 bridgehead atoms. The van der Waals surface area contributed by atoms with Crippen LogP contribution in [-0.4, -0.2) is 23.3 Å². The third-order valence-electron chi connectivity index (χ3n) is 4.04. The monoisotopic (exact) mass is 347 g/mol. The third kappa shape index (κ3) is 3.72. The summed E-state index contributed by atoms with van der Waals surface area (Å²) in [4.78, 5) is 29.7. The fraction of sp³-hybridized carbons (Fsp3) is 0.190. The van der Waals surface area contributed by atoms with Gasteiger partial charge in [0.1, 0.15) is 0 Å². The van der Waals surface area contributed by atoms with Gasteiger partial charge in [-0.05, 0) is 37.6 Å². The zero-order chi connectivity index (χ0) is 18.5. The zero-order valence-corrected chi connectivity index (χ0v) is 14.9. The zero-order valence-electron chi connectivity index (χ0n) is 14.9. The lowest BCUT2D eigenvalue weighted by atomic mass is 10.1. The minimum atomic E-state index is -0.262. The molecule has 0 aliphatic heterocycles. The first-order valence-electron chi connectivity index (χ1n) is 8.65. The number of benzene rings is 2. The van der Waals surface area contributed by atoms with E-state index in [1.165, 1.54) is 0 Å². The summed E-state index contributed by atoms with van der Waals surface area (Å²) in [6, 6.07) is 16.3. The average Bonchev–Trinajstić information content (AvgIpc) is 2.65. The van der Waals surface area contributed by atoms with Crippen molar-refractivity contribution in [3.63, 3.8) is 0 Å². The van der Waals surface area contributed by atoms with E-state index in [4.69, 9.17) is 0 Å². The molecule has 0 aliphatic rings. The molecule has 3 aromatic rings. The van der Waals surface area contributed by atoms with Crippen LogP contribution in [0.2, 0.25) is 0 Å². The van der Waals surface area contributed by atoms with Gasteiger partial charge in [-0.3, -0.25) is 14.6 Å². The van der Waals surface area contributed by atoms with E-state index < -0.39 is 0 Å². The van der Waals surface area contributed by atoms with Crippen LogP contribution in [0.25, 0.3) is 10.9 Å². The van der Waals surface area contributed by atoms with Crippen molar-refractivity contribution in [2.24, 2.45) is 0 Å². The fourth-order valence-corrected chi connectivity index (χ4v) is 2.81. The molecule has 1 heterocycles. The Hall–Kier alpha value is -3.21. The first kappa shape index (κ1) is 17.6. The van der Waals surface area contributed by atoms with E-state index in [9.17, 15) is 9.59 Å². The number of hydrogen-bond acceptors (Lipinski definition) is 3. The third-order valence-corrected chi connectivity index (χ3v) is 4.04. The summed E-state index contributed by atoms with van der Waals surface area (Å²) in [7, 11) is 0. The van der Waals surface area contributed by atoms with Crippen molar-refractivity contribution in [3.05, 3.63) is 71.4 Å². The Labute approximate surface area is 152 Å². The summed E-state index contributed by atoms with van der Waals surface area (Å²) in [6.45, 7) is 4.44. The normalized spacial score (nSPS) is 10.5. The van der Waals surface area contributed by atoms with Gasteiger partial charge < -0.3 is 10.6 Å². The topological polar surface area (TPSA) is 71.1 Å². The Balaban J connectivity index is 1.93. The minimum Gasteiger partial charge on any atom is -0.352 e. The van der Waals surface area contributed by atoms with Crippen molar-refractivity contribution in [1.82, 2.24) is 10.3 Å². The van der Waals surface area contributed by atoms with Crippen LogP contribution in [-0.2, 0) is 0 Å². The highest BCUT2D eigenvalue weighted by Crippen LogP contribution is 2.21. The molecule has 2 amide bonds. The highest BCUT2D eigenvalue weighted by Gasteiger charge is 2.16. The maximum atomic E-state index is 12.9. The van der Waals surface area contributed by atoms with Crippen LogP contribution in [0.4, 0.5) is 5.69 Å². The van der Waals surface area contributed by atoms with Crippen molar-refractivity contribution in [2.45, 2.75) is 20.3 Å². The molecule has 0 aliphatic carbocycles. The second kappa shape index (κ2) is 7.78. The molecule has 0 radical (unpaired) electrons. The van der Waals surface area contributed by atoms with E-state index in [2.05, 4.69) is 15.6 Å². The number of aromatic nitrogens is 1. The van der Waals surface area contributed by atoms with Gasteiger partial charge in [-0.1, -0.05) is 37.3 Å². The Morgan fingerprint density at radius 3 is 2.50 bits per heavy atom. The number of aryl methyl sites for hydroxylation is 1. The molecule has 0 spiro atoms. The second-order valence-electron chi connectivity index (χ2n) is 6.08. The number of pyridine rings is 1. The van der Waals surface area contributed by atoms with Crippen LogP contribution in [0.1, 0.15) is 39.8 Å². The first-order chi connectivity index (χ1) is 12.6. The molecule has 2 aromatic carbocycles. The lowest BCUT2D eigenvalue weighted by molar-refractivity contribution is 0.0954. The lowest BCUT2D eigenvalue weighted by Gasteiger charge is -2.12. The number of amides is 2. The highest BCUT2D eigenvalue weighted by atomic mass is 16.2. The van der Waals surface area contributed by atoms with Crippen molar-refractivity contribution in [3.8, 4) is 0 Å². The molecule has 3 rings (SSSR count). The van der Waals surface area contributed by atoms with Gasteiger partial charge in [0.25, 0.3) is 11.8 Å². The second-order valence-corrected chi connectivity index (χ2v) is 6.08. The number of anilines is 1. The first-order valence-corrected chi connectivity index (χ1v) is 8.65. The smallest absolute Gasteiger partial charge is 0.256 e. The van der Waals surface area contributed by atoms with Crippen molar-refractivity contribution >= 4 is 28.4 Å². The van der Waals surface area contributed by atoms with Crippen LogP contribution in [0.5, 0.6) is 0 Å². The minimum absolute atomic E-state index is 0.196. The molecule has 1 aromatic heterocycles. The SMILES string of the molecule is CCCNC(=O)c1ccccc1NC(=O)c1cc(C)nc2ccccc12. The van der Waals surface area contributed by atoms with E-state index in [1.807, 2.05) is 38.1 Å². The number of carbonyl (C=O) groups is 2. The molecule has 0 atom stereocenters. The molecule has 5 nitrogen and oxygen atoms in total. The van der Waals surface area contributed by atoms with Gasteiger partial charge in [0.15, 0.2) is 0 Å². The number of hydrogen-bond donors (Lipinski definition) is 2. The van der Waals surface area contributed by atoms with Gasteiger partial charge in [-0.25, -0.2) is 0 Å². The van der Waals surface area contributed by atoms with Crippen LogP contribution >= 0.6 is 0 Å². The van der Waals surface area contributed by atoms with E-state index >= 15 is 0 Å². The van der Waals surface area contributed by atoms with Crippen molar-refractivity contribution < 1.29 is 9.59 Å². The van der Waals surface area contributed by atoms with Gasteiger partial charge in [-0.15, -0.1) is 0 Å². The summed E-state index contributed by atoms with van der Waals surface area (Å²) < 4.78 is 0. The Kier molecular flexibility index (Phi) is 5.27. The molecule has 132 valence electrons. The average molecular weight is 347 g/mol. The van der Waals surface area contributed by atoms with E-state index in [-0.39, 0.29) is 11.8 Å². The lowest BCUT2D eigenvalue weighted by Crippen LogP contribution is -2.25. The molecule has 2 N–H and O–H groups in total. The number of para-hydroxylation sites is 2. The molecular formula is C21H21N3O2. The Morgan fingerprint density at radius 2 is 1.69 bits per heavy atom. The number of fused-ring (bicyclic) bond motifs is 1. The van der Waals surface area contributed by atoms with Gasteiger partial charge in [0, 0.05) is 17.6 Å². The van der Waals surface area contributed by atoms with Crippen LogP contribution in [0, 0.1) is 6.92 Å². The molecule has 0 unspecified atom stereocenters. The van der Waals surface area contributed by atoms with Crippen LogP contribution < -0.4 is 10.6 Å². The standard InChI is InChI=1S/C21H21N3O2/c1-3-12-22-20(25)16-9-5-7-11-19(16)24-21(26)17-13-14(2)23-18-10-6-4-8-15(17)18/h4-11,13H,3,12H2,1-2H3,(H,22,25)(H,24,26). The van der Waals surface area contributed by atoms with Crippen LogP contribution in [0.15, 0.2) is 54.6 Å². The Bertz CT molecular complexity index is 966. The number of rotatable bonds is 5. The molecule has 5 heteroatoms.